The van der Waals surface area contributed by atoms with Gasteiger partial charge in [0.15, 0.2) is 0 Å². The Morgan fingerprint density at radius 2 is 1.80 bits per heavy atom. The molecule has 1 aromatic heterocycles. The van der Waals surface area contributed by atoms with Crippen LogP contribution in [0.5, 0.6) is 0 Å². The molecule has 0 atom stereocenters. The minimum atomic E-state index is 0.428. The van der Waals surface area contributed by atoms with E-state index in [-0.39, 0.29) is 0 Å². The number of nitrogen functional groups attached to an aromatic ring is 1. The summed E-state index contributed by atoms with van der Waals surface area (Å²) < 4.78 is 6.25. The zero-order chi connectivity index (χ0) is 14.1. The van der Waals surface area contributed by atoms with Crippen molar-refractivity contribution >= 4 is 21.6 Å². The van der Waals surface area contributed by atoms with Gasteiger partial charge in [0.2, 0.25) is 5.82 Å². The molecule has 0 saturated carbocycles. The molecule has 0 radical (unpaired) electrons. The molecular weight excluding hydrogens is 318 g/mol. The summed E-state index contributed by atoms with van der Waals surface area (Å²) in [4.78, 5) is 4.43. The van der Waals surface area contributed by atoms with E-state index < -0.39 is 0 Å². The Morgan fingerprint density at radius 3 is 2.60 bits per heavy atom. The Balaban J connectivity index is 2.07. The second kappa shape index (κ2) is 5.09. The molecule has 0 aliphatic rings. The van der Waals surface area contributed by atoms with Gasteiger partial charge in [0.1, 0.15) is 0 Å². The van der Waals surface area contributed by atoms with E-state index in [4.69, 9.17) is 10.3 Å². The van der Waals surface area contributed by atoms with E-state index in [0.29, 0.717) is 17.4 Å². The highest BCUT2D eigenvalue weighted by Gasteiger charge is 2.15. The molecule has 2 aromatic carbocycles. The van der Waals surface area contributed by atoms with E-state index in [1.165, 1.54) is 0 Å². The van der Waals surface area contributed by atoms with Crippen molar-refractivity contribution in [1.82, 2.24) is 10.1 Å². The third-order valence-electron chi connectivity index (χ3n) is 3.10. The molecule has 3 rings (SSSR count). The van der Waals surface area contributed by atoms with E-state index in [1.54, 1.807) is 0 Å². The maximum Gasteiger partial charge on any atom is 0.260 e. The van der Waals surface area contributed by atoms with Crippen LogP contribution in [-0.4, -0.2) is 10.1 Å². The predicted molar refractivity (Wildman–Crippen MR) is 82.0 cm³/mol. The molecule has 0 amide bonds. The van der Waals surface area contributed by atoms with Gasteiger partial charge in [-0.1, -0.05) is 45.4 Å². The minimum absolute atomic E-state index is 0.428. The molecule has 1 heterocycles. The predicted octanol–water partition coefficient (Wildman–Crippen LogP) is 4.06. The van der Waals surface area contributed by atoms with E-state index >= 15 is 0 Å². The van der Waals surface area contributed by atoms with Gasteiger partial charge in [0.05, 0.1) is 5.56 Å². The molecule has 0 bridgehead atoms. The van der Waals surface area contributed by atoms with Crippen LogP contribution >= 0.6 is 15.9 Å². The lowest BCUT2D eigenvalue weighted by Gasteiger charge is -2.03. The normalized spacial score (nSPS) is 10.7. The van der Waals surface area contributed by atoms with Gasteiger partial charge < -0.3 is 10.3 Å². The van der Waals surface area contributed by atoms with Crippen LogP contribution < -0.4 is 5.73 Å². The van der Waals surface area contributed by atoms with Gasteiger partial charge in [-0.25, -0.2) is 0 Å². The SMILES string of the molecule is Cc1cccc(-c2nc(-c3ccccc3Br)no2)c1N. The highest BCUT2D eigenvalue weighted by Crippen LogP contribution is 2.30. The Morgan fingerprint density at radius 1 is 1.05 bits per heavy atom. The van der Waals surface area contributed by atoms with Crippen LogP contribution in [0, 0.1) is 6.92 Å². The van der Waals surface area contributed by atoms with Crippen molar-refractivity contribution in [3.8, 4) is 22.8 Å². The lowest BCUT2D eigenvalue weighted by Crippen LogP contribution is -1.93. The zero-order valence-electron chi connectivity index (χ0n) is 10.8. The maximum atomic E-state index is 6.06. The molecule has 0 aliphatic heterocycles. The summed E-state index contributed by atoms with van der Waals surface area (Å²) in [6.45, 7) is 1.95. The Bertz CT molecular complexity index is 767. The highest BCUT2D eigenvalue weighted by atomic mass is 79.9. The minimum Gasteiger partial charge on any atom is -0.398 e. The van der Waals surface area contributed by atoms with Gasteiger partial charge in [0.25, 0.3) is 5.89 Å². The molecule has 0 spiro atoms. The summed E-state index contributed by atoms with van der Waals surface area (Å²) in [6.07, 6.45) is 0. The van der Waals surface area contributed by atoms with E-state index in [0.717, 1.165) is 21.2 Å². The summed E-state index contributed by atoms with van der Waals surface area (Å²) in [6, 6.07) is 13.5. The topological polar surface area (TPSA) is 64.9 Å². The van der Waals surface area contributed by atoms with Crippen LogP contribution in [-0.2, 0) is 0 Å². The number of anilines is 1. The molecule has 4 nitrogen and oxygen atoms in total. The average Bonchev–Trinajstić information content (AvgIpc) is 2.92. The van der Waals surface area contributed by atoms with Crippen molar-refractivity contribution in [1.29, 1.82) is 0 Å². The van der Waals surface area contributed by atoms with Gasteiger partial charge in [0, 0.05) is 15.7 Å². The number of rotatable bonds is 2. The molecule has 3 aromatic rings. The second-order valence-corrected chi connectivity index (χ2v) is 5.29. The smallest absolute Gasteiger partial charge is 0.260 e. The monoisotopic (exact) mass is 329 g/mol. The fourth-order valence-electron chi connectivity index (χ4n) is 1.95. The number of benzene rings is 2. The molecule has 0 aliphatic carbocycles. The highest BCUT2D eigenvalue weighted by molar-refractivity contribution is 9.10. The van der Waals surface area contributed by atoms with E-state index in [2.05, 4.69) is 26.1 Å². The summed E-state index contributed by atoms with van der Waals surface area (Å²) in [7, 11) is 0. The fourth-order valence-corrected chi connectivity index (χ4v) is 2.41. The molecule has 2 N–H and O–H groups in total. The first-order valence-corrected chi connectivity index (χ1v) is 6.90. The van der Waals surface area contributed by atoms with Gasteiger partial charge in [-0.15, -0.1) is 0 Å². The Labute approximate surface area is 124 Å². The Hall–Kier alpha value is -2.14. The largest absolute Gasteiger partial charge is 0.398 e. The number of aryl methyl sites for hydroxylation is 1. The van der Waals surface area contributed by atoms with Crippen LogP contribution in [0.3, 0.4) is 0 Å². The first-order chi connectivity index (χ1) is 9.66. The van der Waals surface area contributed by atoms with Crippen molar-refractivity contribution in [2.75, 3.05) is 5.73 Å². The lowest BCUT2D eigenvalue weighted by molar-refractivity contribution is 0.432. The third kappa shape index (κ3) is 2.20. The average molecular weight is 330 g/mol. The van der Waals surface area contributed by atoms with Gasteiger partial charge >= 0.3 is 0 Å². The summed E-state index contributed by atoms with van der Waals surface area (Å²) >= 11 is 3.48. The third-order valence-corrected chi connectivity index (χ3v) is 3.79. The number of para-hydroxylation sites is 1. The summed E-state index contributed by atoms with van der Waals surface area (Å²) in [5.74, 6) is 0.963. The van der Waals surface area contributed by atoms with E-state index in [1.807, 2.05) is 49.4 Å². The van der Waals surface area contributed by atoms with Crippen molar-refractivity contribution in [2.45, 2.75) is 6.92 Å². The first-order valence-electron chi connectivity index (χ1n) is 6.11. The molecule has 0 fully saturated rings. The fraction of sp³-hybridized carbons (Fsp3) is 0.0667. The van der Waals surface area contributed by atoms with Crippen LogP contribution in [0.2, 0.25) is 0 Å². The second-order valence-electron chi connectivity index (χ2n) is 4.44. The standard InChI is InChI=1S/C15H12BrN3O/c1-9-5-4-7-11(13(9)17)15-18-14(19-20-15)10-6-2-3-8-12(10)16/h2-8H,17H2,1H3. The quantitative estimate of drug-likeness (QED) is 0.720. The number of nitrogens with zero attached hydrogens (tertiary/aromatic N) is 2. The molecule has 100 valence electrons. The number of aromatic nitrogens is 2. The van der Waals surface area contributed by atoms with Crippen LogP contribution in [0.25, 0.3) is 22.8 Å². The molecule has 5 heteroatoms. The first kappa shape index (κ1) is 12.9. The summed E-state index contributed by atoms with van der Waals surface area (Å²) in [5, 5.41) is 4.02. The number of hydrogen-bond acceptors (Lipinski definition) is 4. The van der Waals surface area contributed by atoms with Crippen LogP contribution in [0.1, 0.15) is 5.56 Å². The van der Waals surface area contributed by atoms with Crippen LogP contribution in [0.4, 0.5) is 5.69 Å². The number of nitrogens with two attached hydrogens (primary N) is 1. The molecule has 20 heavy (non-hydrogen) atoms. The Kier molecular flexibility index (Phi) is 3.28. The number of hydrogen-bond donors (Lipinski definition) is 1. The molecular formula is C15H12BrN3O. The molecule has 0 saturated heterocycles. The lowest BCUT2D eigenvalue weighted by atomic mass is 10.1. The molecule has 0 unspecified atom stereocenters. The van der Waals surface area contributed by atoms with Gasteiger partial charge in [-0.3, -0.25) is 0 Å². The zero-order valence-corrected chi connectivity index (χ0v) is 12.4. The van der Waals surface area contributed by atoms with Crippen molar-refractivity contribution in [2.24, 2.45) is 0 Å². The summed E-state index contributed by atoms with van der Waals surface area (Å²) in [5.41, 5.74) is 9.35. The number of halogens is 1. The van der Waals surface area contributed by atoms with Gasteiger partial charge in [-0.2, -0.15) is 4.98 Å². The van der Waals surface area contributed by atoms with Crippen molar-refractivity contribution in [3.05, 3.63) is 52.5 Å². The van der Waals surface area contributed by atoms with Crippen molar-refractivity contribution < 1.29 is 4.52 Å². The van der Waals surface area contributed by atoms with Crippen LogP contribution in [0.15, 0.2) is 51.5 Å². The van der Waals surface area contributed by atoms with E-state index in [9.17, 15) is 0 Å². The maximum absolute atomic E-state index is 6.06. The van der Waals surface area contributed by atoms with Crippen molar-refractivity contribution in [3.63, 3.8) is 0 Å². The van der Waals surface area contributed by atoms with Gasteiger partial charge in [-0.05, 0) is 30.7 Å².